The van der Waals surface area contributed by atoms with Gasteiger partial charge in [-0.25, -0.2) is 4.39 Å². The molecule has 17 heavy (non-hydrogen) atoms. The second-order valence-electron chi connectivity index (χ2n) is 4.15. The summed E-state index contributed by atoms with van der Waals surface area (Å²) >= 11 is 5.51. The molecule has 3 nitrogen and oxygen atoms in total. The average Bonchev–Trinajstić information content (AvgIpc) is 2.28. The zero-order valence-electron chi connectivity index (χ0n) is 9.71. The van der Waals surface area contributed by atoms with Gasteiger partial charge in [-0.05, 0) is 24.1 Å². The van der Waals surface area contributed by atoms with Crippen LogP contribution in [0.2, 0.25) is 5.02 Å². The summed E-state index contributed by atoms with van der Waals surface area (Å²) in [6.45, 7) is 3.83. The van der Waals surface area contributed by atoms with Crippen molar-refractivity contribution in [3.63, 3.8) is 0 Å². The fraction of sp³-hybridized carbons (Fsp3) is 0.417. The number of aliphatic hydroxyl groups excluding tert-OH is 1. The molecule has 0 aliphatic rings. The van der Waals surface area contributed by atoms with E-state index in [2.05, 4.69) is 5.32 Å². The minimum Gasteiger partial charge on any atom is -0.391 e. The topological polar surface area (TPSA) is 49.3 Å². The lowest BCUT2D eigenvalue weighted by Crippen LogP contribution is -2.34. The van der Waals surface area contributed by atoms with Gasteiger partial charge in [0.1, 0.15) is 5.82 Å². The summed E-state index contributed by atoms with van der Waals surface area (Å²) in [5.74, 6) is -1.01. The Kier molecular flexibility index (Phi) is 4.90. The summed E-state index contributed by atoms with van der Waals surface area (Å²) in [7, 11) is 0. The van der Waals surface area contributed by atoms with E-state index < -0.39 is 17.8 Å². The first kappa shape index (κ1) is 13.9. The maximum Gasteiger partial charge on any atom is 0.251 e. The molecule has 94 valence electrons. The molecule has 0 fully saturated rings. The van der Waals surface area contributed by atoms with E-state index in [1.807, 2.05) is 13.8 Å². The average molecular weight is 260 g/mol. The summed E-state index contributed by atoms with van der Waals surface area (Å²) in [6.07, 6.45) is -0.615. The van der Waals surface area contributed by atoms with Crippen LogP contribution in [0.4, 0.5) is 4.39 Å². The summed E-state index contributed by atoms with van der Waals surface area (Å²) < 4.78 is 13.1. The van der Waals surface area contributed by atoms with Crippen LogP contribution in [0, 0.1) is 11.7 Å². The van der Waals surface area contributed by atoms with Crippen LogP contribution in [0.15, 0.2) is 18.2 Å². The predicted octanol–water partition coefficient (Wildman–Crippen LogP) is 2.23. The van der Waals surface area contributed by atoms with E-state index in [0.717, 1.165) is 6.07 Å². The van der Waals surface area contributed by atoms with Crippen molar-refractivity contribution in [2.75, 3.05) is 6.54 Å². The van der Waals surface area contributed by atoms with Gasteiger partial charge in [0.25, 0.3) is 5.91 Å². The number of halogens is 2. The van der Waals surface area contributed by atoms with Crippen LogP contribution in [-0.4, -0.2) is 23.7 Å². The molecule has 1 rings (SSSR count). The predicted molar refractivity (Wildman–Crippen MR) is 64.6 cm³/mol. The molecule has 1 aromatic rings. The molecule has 0 bridgehead atoms. The molecule has 0 saturated heterocycles. The molecule has 1 unspecified atom stereocenters. The number of rotatable bonds is 4. The van der Waals surface area contributed by atoms with Crippen LogP contribution in [-0.2, 0) is 0 Å². The van der Waals surface area contributed by atoms with Crippen LogP contribution in [0.1, 0.15) is 24.2 Å². The first-order valence-corrected chi connectivity index (χ1v) is 5.71. The van der Waals surface area contributed by atoms with Crippen molar-refractivity contribution < 1.29 is 14.3 Å². The van der Waals surface area contributed by atoms with Gasteiger partial charge >= 0.3 is 0 Å². The quantitative estimate of drug-likeness (QED) is 0.871. The highest BCUT2D eigenvalue weighted by atomic mass is 35.5. The third kappa shape index (κ3) is 3.98. The van der Waals surface area contributed by atoms with Gasteiger partial charge in [0.05, 0.1) is 11.1 Å². The number of amides is 1. The molecule has 0 heterocycles. The molecule has 1 amide bonds. The SMILES string of the molecule is CC(C)C(O)CNC(=O)c1ccc(Cl)c(F)c1. The normalized spacial score (nSPS) is 12.6. The summed E-state index contributed by atoms with van der Waals surface area (Å²) in [5.41, 5.74) is 0.183. The van der Waals surface area contributed by atoms with E-state index in [4.69, 9.17) is 11.6 Å². The van der Waals surface area contributed by atoms with Crippen LogP contribution in [0.3, 0.4) is 0 Å². The number of carbonyl (C=O) groups excluding carboxylic acids is 1. The van der Waals surface area contributed by atoms with Gasteiger partial charge < -0.3 is 10.4 Å². The number of hydrogen-bond donors (Lipinski definition) is 2. The lowest BCUT2D eigenvalue weighted by molar-refractivity contribution is 0.0871. The Morgan fingerprint density at radius 3 is 2.71 bits per heavy atom. The Bertz CT molecular complexity index is 409. The van der Waals surface area contributed by atoms with Crippen molar-refractivity contribution in [3.8, 4) is 0 Å². The molecule has 0 aliphatic carbocycles. The Balaban J connectivity index is 2.61. The molecule has 0 radical (unpaired) electrons. The second kappa shape index (κ2) is 5.98. The zero-order chi connectivity index (χ0) is 13.0. The van der Waals surface area contributed by atoms with Crippen molar-refractivity contribution in [2.45, 2.75) is 20.0 Å². The Morgan fingerprint density at radius 1 is 1.53 bits per heavy atom. The largest absolute Gasteiger partial charge is 0.391 e. The van der Waals surface area contributed by atoms with E-state index in [1.54, 1.807) is 0 Å². The number of aliphatic hydroxyl groups is 1. The van der Waals surface area contributed by atoms with Gasteiger partial charge in [-0.2, -0.15) is 0 Å². The number of benzene rings is 1. The summed E-state index contributed by atoms with van der Waals surface area (Å²) in [6, 6.07) is 3.83. The van der Waals surface area contributed by atoms with E-state index in [-0.39, 0.29) is 23.0 Å². The Labute approximate surface area is 105 Å². The van der Waals surface area contributed by atoms with Gasteiger partial charge in [0.15, 0.2) is 0 Å². The minimum absolute atomic E-state index is 0.0243. The first-order valence-electron chi connectivity index (χ1n) is 5.33. The highest BCUT2D eigenvalue weighted by molar-refractivity contribution is 6.30. The van der Waals surface area contributed by atoms with Crippen LogP contribution >= 0.6 is 11.6 Å². The smallest absolute Gasteiger partial charge is 0.251 e. The molecular weight excluding hydrogens is 245 g/mol. The maximum absolute atomic E-state index is 13.1. The van der Waals surface area contributed by atoms with Gasteiger partial charge in [-0.15, -0.1) is 0 Å². The monoisotopic (exact) mass is 259 g/mol. The van der Waals surface area contributed by atoms with Gasteiger partial charge in [-0.1, -0.05) is 25.4 Å². The fourth-order valence-corrected chi connectivity index (χ4v) is 1.29. The van der Waals surface area contributed by atoms with E-state index >= 15 is 0 Å². The summed E-state index contributed by atoms with van der Waals surface area (Å²) in [5, 5.41) is 12.0. The van der Waals surface area contributed by atoms with Gasteiger partial charge in [0, 0.05) is 12.1 Å². The molecule has 0 spiro atoms. The molecule has 1 atom stereocenters. The molecule has 2 N–H and O–H groups in total. The third-order valence-electron chi connectivity index (χ3n) is 2.42. The van der Waals surface area contributed by atoms with Gasteiger partial charge in [-0.3, -0.25) is 4.79 Å². The highest BCUT2D eigenvalue weighted by Crippen LogP contribution is 2.15. The lowest BCUT2D eigenvalue weighted by atomic mass is 10.1. The zero-order valence-corrected chi connectivity index (χ0v) is 10.5. The van der Waals surface area contributed by atoms with Crippen LogP contribution in [0.25, 0.3) is 0 Å². The first-order chi connectivity index (χ1) is 7.91. The number of hydrogen-bond acceptors (Lipinski definition) is 2. The minimum atomic E-state index is -0.635. The number of nitrogens with one attached hydrogen (secondary N) is 1. The van der Waals surface area contributed by atoms with Crippen LogP contribution in [0.5, 0.6) is 0 Å². The van der Waals surface area contributed by atoms with E-state index in [9.17, 15) is 14.3 Å². The van der Waals surface area contributed by atoms with Crippen LogP contribution < -0.4 is 5.32 Å². The lowest BCUT2D eigenvalue weighted by Gasteiger charge is -2.15. The molecular formula is C12H15ClFNO2. The van der Waals surface area contributed by atoms with E-state index in [0.29, 0.717) is 0 Å². The fourth-order valence-electron chi connectivity index (χ4n) is 1.17. The van der Waals surface area contributed by atoms with Crippen molar-refractivity contribution in [3.05, 3.63) is 34.6 Å². The van der Waals surface area contributed by atoms with Crippen molar-refractivity contribution in [1.29, 1.82) is 0 Å². The third-order valence-corrected chi connectivity index (χ3v) is 2.73. The maximum atomic E-state index is 13.1. The molecule has 0 aromatic heterocycles. The van der Waals surface area contributed by atoms with Crippen molar-refractivity contribution in [1.82, 2.24) is 5.32 Å². The molecule has 0 saturated carbocycles. The van der Waals surface area contributed by atoms with Crippen molar-refractivity contribution in [2.24, 2.45) is 5.92 Å². The molecule has 0 aliphatic heterocycles. The Hall–Kier alpha value is -1.13. The summed E-state index contributed by atoms with van der Waals surface area (Å²) in [4.78, 5) is 11.6. The molecule has 1 aromatic carbocycles. The standard InChI is InChI=1S/C12H15ClFNO2/c1-7(2)11(16)6-15-12(17)8-3-4-9(13)10(14)5-8/h3-5,7,11,16H,6H2,1-2H3,(H,15,17). The van der Waals surface area contributed by atoms with E-state index in [1.165, 1.54) is 12.1 Å². The highest BCUT2D eigenvalue weighted by Gasteiger charge is 2.13. The second-order valence-corrected chi connectivity index (χ2v) is 4.56. The number of carbonyl (C=O) groups is 1. The van der Waals surface area contributed by atoms with Crippen molar-refractivity contribution >= 4 is 17.5 Å². The Morgan fingerprint density at radius 2 is 2.18 bits per heavy atom. The molecule has 5 heteroatoms. The van der Waals surface area contributed by atoms with Gasteiger partial charge in [0.2, 0.25) is 0 Å².